The molecule has 2 aliphatic rings. The molecule has 0 amide bonds. The van der Waals surface area contributed by atoms with Crippen LogP contribution < -0.4 is 3.58 Å². The van der Waals surface area contributed by atoms with E-state index in [1.54, 1.807) is 3.58 Å². The van der Waals surface area contributed by atoms with Gasteiger partial charge in [0.05, 0.1) is 5.69 Å². The summed E-state index contributed by atoms with van der Waals surface area (Å²) in [5.41, 5.74) is 18.6. The molecule has 3 aromatic heterocycles. The van der Waals surface area contributed by atoms with E-state index in [0.29, 0.717) is 0 Å². The van der Waals surface area contributed by atoms with Gasteiger partial charge in [0, 0.05) is 0 Å². The molecule has 0 saturated heterocycles. The molecule has 0 radical (unpaired) electrons. The second kappa shape index (κ2) is 20.2. The molecule has 0 saturated carbocycles. The Labute approximate surface area is 400 Å². The van der Waals surface area contributed by atoms with Crippen LogP contribution in [-0.2, 0) is 0 Å². The predicted octanol–water partition coefficient (Wildman–Crippen LogP) is 16.8. The Hall–Kier alpha value is -6.50. The Morgan fingerprint density at radius 1 is 0.373 bits per heavy atom. The van der Waals surface area contributed by atoms with E-state index in [2.05, 4.69) is 219 Å². The third-order valence-electron chi connectivity index (χ3n) is 13.9. The van der Waals surface area contributed by atoms with E-state index in [1.165, 1.54) is 57.4 Å². The number of nitrogens with zero attached hydrogens (tertiary/aromatic N) is 2. The van der Waals surface area contributed by atoms with E-state index in [-0.39, 0.29) is 0 Å². The van der Waals surface area contributed by atoms with Crippen molar-refractivity contribution in [3.63, 3.8) is 0 Å². The van der Waals surface area contributed by atoms with Crippen LogP contribution in [0.1, 0.15) is 87.6 Å². The van der Waals surface area contributed by atoms with Gasteiger partial charge in [-0.25, -0.2) is 4.98 Å². The number of benzene rings is 5. The Balaban J connectivity index is 1.32. The molecule has 0 fully saturated rings. The summed E-state index contributed by atoms with van der Waals surface area (Å²) in [7, 11) is 0. The van der Waals surface area contributed by atoms with Gasteiger partial charge in [-0.2, -0.15) is 0 Å². The van der Waals surface area contributed by atoms with Crippen molar-refractivity contribution in [3.8, 4) is 44.5 Å². The number of aromatic nitrogens is 4. The van der Waals surface area contributed by atoms with E-state index in [0.717, 1.165) is 94.9 Å². The zero-order valence-electron chi connectivity index (χ0n) is 39.2. The van der Waals surface area contributed by atoms with Gasteiger partial charge in [-0.05, 0) is 17.7 Å². The van der Waals surface area contributed by atoms with Gasteiger partial charge in [0.25, 0.3) is 0 Å². The van der Waals surface area contributed by atoms with E-state index in [1.807, 2.05) is 0 Å². The summed E-state index contributed by atoms with van der Waals surface area (Å²) >= 11 is -2.71. The summed E-state index contributed by atoms with van der Waals surface area (Å²) in [6, 6.07) is 61.8. The summed E-state index contributed by atoms with van der Waals surface area (Å²) in [6.45, 7) is 7.10. The molecular formula is C62H60N4Sn. The molecule has 5 heterocycles. The fraction of sp³-hybridized carbons (Fsp3) is 0.194. The Morgan fingerprint density at radius 3 is 1.15 bits per heavy atom. The number of rotatable bonds is 15. The quantitative estimate of drug-likeness (QED) is 0.101. The first-order valence-corrected chi connectivity index (χ1v) is 32.1. The third kappa shape index (κ3) is 9.04. The average Bonchev–Trinajstić information content (AvgIpc) is 4.23. The summed E-state index contributed by atoms with van der Waals surface area (Å²) in [4.78, 5) is 19.2. The van der Waals surface area contributed by atoms with Crippen LogP contribution in [-0.4, -0.2) is 38.3 Å². The molecule has 0 aliphatic carbocycles. The first kappa shape index (κ1) is 44.3. The Morgan fingerprint density at radius 2 is 0.746 bits per heavy atom. The van der Waals surface area contributed by atoms with Crippen molar-refractivity contribution in [3.05, 3.63) is 198 Å². The van der Waals surface area contributed by atoms with Crippen molar-refractivity contribution >= 4 is 67.8 Å². The number of H-pyrrole nitrogens is 2. The summed E-state index contributed by atoms with van der Waals surface area (Å²) < 4.78 is 6.02. The molecule has 5 aromatic carbocycles. The van der Waals surface area contributed by atoms with Gasteiger partial charge in [-0.3, -0.25) is 0 Å². The first-order valence-electron chi connectivity index (χ1n) is 24.6. The van der Waals surface area contributed by atoms with Crippen LogP contribution in [0.2, 0.25) is 13.3 Å². The molecule has 2 aliphatic heterocycles. The number of fused-ring (bicyclic) bond motifs is 8. The van der Waals surface area contributed by atoms with Crippen LogP contribution in [0.4, 0.5) is 0 Å². The van der Waals surface area contributed by atoms with Gasteiger partial charge in [-0.1, -0.05) is 60.7 Å². The fourth-order valence-electron chi connectivity index (χ4n) is 10.5. The van der Waals surface area contributed by atoms with Crippen molar-refractivity contribution < 1.29 is 0 Å². The number of nitrogens with one attached hydrogen (secondary N) is 2. The minimum atomic E-state index is -2.71. The summed E-state index contributed by atoms with van der Waals surface area (Å²) in [5.74, 6) is 0. The molecule has 0 atom stereocenters. The van der Waals surface area contributed by atoms with E-state index in [4.69, 9.17) is 9.97 Å². The van der Waals surface area contributed by atoms with Gasteiger partial charge >= 0.3 is 314 Å². The van der Waals surface area contributed by atoms with Gasteiger partial charge < -0.3 is 0 Å². The normalized spacial score (nSPS) is 12.4. The molecule has 2 N–H and O–H groups in total. The van der Waals surface area contributed by atoms with Crippen LogP contribution >= 0.6 is 0 Å². The van der Waals surface area contributed by atoms with E-state index in [9.17, 15) is 0 Å². The van der Waals surface area contributed by atoms with Gasteiger partial charge in [0.15, 0.2) is 0 Å². The molecule has 67 heavy (non-hydrogen) atoms. The molecule has 8 bridgehead atoms. The van der Waals surface area contributed by atoms with Gasteiger partial charge in [0.2, 0.25) is 0 Å². The molecule has 332 valence electrons. The molecule has 0 spiro atoms. The van der Waals surface area contributed by atoms with Gasteiger partial charge in [-0.15, -0.1) is 0 Å². The zero-order valence-corrected chi connectivity index (χ0v) is 42.0. The summed E-state index contributed by atoms with van der Waals surface area (Å²) in [6.07, 6.45) is 14.5. The second-order valence-corrected chi connectivity index (χ2v) is 31.6. The SMILES string of the molecule is CCC[CH2][Sn]([CH2]CCC)([CH2]CCC)[c]1ccc(C2=Cc3nc2c(-c2ccccc2)c2ccc([nH]2)c(-c2ccccc2)c2nc(c(-c4ccccc4)c4ccc([nH]4)c3-c3ccccc3)C=C2)cc1. The number of hydrogen-bond acceptors (Lipinski definition) is 2. The molecule has 5 heteroatoms. The maximum absolute atomic E-state index is 5.83. The monoisotopic (exact) mass is 980 g/mol. The first-order chi connectivity index (χ1) is 33.1. The molecule has 10 rings (SSSR count). The standard InChI is InChI=1S/C50H33N4.3C4H9.Sn/c1-6-16-33(17-7-1)38-32-45-48(36-22-12-4-13-23-36)43-29-28-41(52-43)46(34-18-8-2-9-19-34)39-26-27-40(51-39)47(35-20-10-3-11-21-35)42-30-31-44(53-42)49(50(38)54-45)37-24-14-5-15-25-37;3*1-3-4-2;/h2-32,52-53H;3*1,3-4H2,2H3;. The average molecular weight is 980 g/mol. The van der Waals surface area contributed by atoms with Crippen LogP contribution in [0, 0.1) is 0 Å². The predicted molar refractivity (Wildman–Crippen MR) is 290 cm³/mol. The fourth-order valence-corrected chi connectivity index (χ4v) is 26.4. The van der Waals surface area contributed by atoms with Gasteiger partial charge in [0.1, 0.15) is 0 Å². The van der Waals surface area contributed by atoms with E-state index >= 15 is 0 Å². The van der Waals surface area contributed by atoms with Crippen molar-refractivity contribution in [1.29, 1.82) is 0 Å². The van der Waals surface area contributed by atoms with Crippen molar-refractivity contribution in [2.45, 2.75) is 72.6 Å². The van der Waals surface area contributed by atoms with Crippen molar-refractivity contribution in [2.24, 2.45) is 0 Å². The van der Waals surface area contributed by atoms with Crippen molar-refractivity contribution in [1.82, 2.24) is 19.9 Å². The second-order valence-electron chi connectivity index (χ2n) is 18.3. The zero-order chi connectivity index (χ0) is 45.6. The summed E-state index contributed by atoms with van der Waals surface area (Å²) in [5, 5.41) is 0. The molecular weight excluding hydrogens is 919 g/mol. The van der Waals surface area contributed by atoms with Crippen LogP contribution in [0.25, 0.3) is 90.4 Å². The maximum atomic E-state index is 5.83. The van der Waals surface area contributed by atoms with Crippen molar-refractivity contribution in [2.75, 3.05) is 0 Å². The number of unbranched alkanes of at least 4 members (excludes halogenated alkanes) is 3. The van der Waals surface area contributed by atoms with Crippen LogP contribution in [0.15, 0.2) is 170 Å². The third-order valence-corrected chi connectivity index (χ3v) is 29.6. The van der Waals surface area contributed by atoms with E-state index < -0.39 is 18.4 Å². The number of aromatic amines is 2. The molecule has 4 nitrogen and oxygen atoms in total. The Kier molecular flexibility index (Phi) is 13.3. The topological polar surface area (TPSA) is 57.4 Å². The van der Waals surface area contributed by atoms with Crippen LogP contribution in [0.5, 0.6) is 0 Å². The molecule has 0 unspecified atom stereocenters. The molecule has 8 aromatic rings. The minimum absolute atomic E-state index is 0.909. The number of hydrogen-bond donors (Lipinski definition) is 2. The Bertz CT molecular complexity index is 3200. The van der Waals surface area contributed by atoms with Crippen LogP contribution in [0.3, 0.4) is 0 Å².